The number of carbonyl (C=O) groups is 1. The first-order valence-corrected chi connectivity index (χ1v) is 5.09. The summed E-state index contributed by atoms with van der Waals surface area (Å²) < 4.78 is 0. The Labute approximate surface area is 90.1 Å². The van der Waals surface area contributed by atoms with Crippen LogP contribution in [-0.2, 0) is 4.79 Å². The van der Waals surface area contributed by atoms with Gasteiger partial charge in [0.2, 0.25) is 0 Å². The molecule has 15 heavy (non-hydrogen) atoms. The lowest BCUT2D eigenvalue weighted by atomic mass is 9.99. The maximum atomic E-state index is 11.1. The Morgan fingerprint density at radius 2 is 2.13 bits per heavy atom. The van der Waals surface area contributed by atoms with E-state index < -0.39 is 12.0 Å². The zero-order valence-corrected chi connectivity index (χ0v) is 9.37. The van der Waals surface area contributed by atoms with Gasteiger partial charge in [-0.3, -0.25) is 4.79 Å². The van der Waals surface area contributed by atoms with Gasteiger partial charge in [-0.1, -0.05) is 30.7 Å². The molecule has 0 aliphatic rings. The molecule has 2 N–H and O–H groups in total. The zero-order valence-electron chi connectivity index (χ0n) is 9.37. The smallest absolute Gasteiger partial charge is 0.325 e. The van der Waals surface area contributed by atoms with Gasteiger partial charge in [0.05, 0.1) is 0 Å². The third-order valence-electron chi connectivity index (χ3n) is 2.39. The number of likely N-dealkylation sites (N-methyl/N-ethyl adjacent to an activating group) is 1. The number of carboxylic acids is 1. The van der Waals surface area contributed by atoms with Crippen molar-refractivity contribution in [1.29, 1.82) is 0 Å². The minimum absolute atomic E-state index is 0.601. The lowest BCUT2D eigenvalue weighted by molar-refractivity contribution is -0.139. The Balaban J connectivity index is 3.05. The van der Waals surface area contributed by atoms with E-state index in [1.54, 1.807) is 0 Å². The Morgan fingerprint density at radius 1 is 1.47 bits per heavy atom. The van der Waals surface area contributed by atoms with E-state index in [0.29, 0.717) is 6.54 Å². The number of hydrogen-bond donors (Lipinski definition) is 2. The van der Waals surface area contributed by atoms with Gasteiger partial charge in [0.1, 0.15) is 6.04 Å². The van der Waals surface area contributed by atoms with Crippen molar-refractivity contribution < 1.29 is 9.90 Å². The molecule has 1 atom stereocenters. The summed E-state index contributed by atoms with van der Waals surface area (Å²) in [5, 5.41) is 12.0. The summed E-state index contributed by atoms with van der Waals surface area (Å²) in [6.45, 7) is 6.49. The van der Waals surface area contributed by atoms with Crippen LogP contribution in [0.4, 0.5) is 0 Å². The molecule has 3 nitrogen and oxygen atoms in total. The summed E-state index contributed by atoms with van der Waals surface area (Å²) in [6.07, 6.45) is 0. The third kappa shape index (κ3) is 2.80. The first kappa shape index (κ1) is 11.7. The molecule has 1 unspecified atom stereocenters. The van der Waals surface area contributed by atoms with Gasteiger partial charge >= 0.3 is 5.97 Å². The monoisotopic (exact) mass is 207 g/mol. The Kier molecular flexibility index (Phi) is 3.86. The normalized spacial score (nSPS) is 12.5. The van der Waals surface area contributed by atoms with Crippen LogP contribution in [0.1, 0.15) is 29.7 Å². The number of carboxylic acid groups (broad SMARTS) is 1. The molecule has 0 spiro atoms. The summed E-state index contributed by atoms with van der Waals surface area (Å²) in [5.41, 5.74) is 3.01. The molecule has 0 heterocycles. The molecule has 0 amide bonds. The molecule has 0 saturated heterocycles. The highest BCUT2D eigenvalue weighted by molar-refractivity contribution is 5.76. The molecule has 0 fully saturated rings. The van der Waals surface area contributed by atoms with Crippen molar-refractivity contribution in [2.75, 3.05) is 6.54 Å². The molecule has 1 aromatic rings. The van der Waals surface area contributed by atoms with E-state index in [1.807, 2.05) is 39.0 Å². The van der Waals surface area contributed by atoms with Gasteiger partial charge in [-0.05, 0) is 31.5 Å². The van der Waals surface area contributed by atoms with Crippen LogP contribution in [0, 0.1) is 13.8 Å². The Hall–Kier alpha value is -1.35. The van der Waals surface area contributed by atoms with Crippen LogP contribution >= 0.6 is 0 Å². The second-order valence-corrected chi connectivity index (χ2v) is 3.69. The summed E-state index contributed by atoms with van der Waals surface area (Å²) in [5.74, 6) is -0.830. The predicted molar refractivity (Wildman–Crippen MR) is 60.0 cm³/mol. The molecular weight excluding hydrogens is 190 g/mol. The fraction of sp³-hybridized carbons (Fsp3) is 0.417. The molecule has 3 heteroatoms. The van der Waals surface area contributed by atoms with Crippen molar-refractivity contribution in [2.45, 2.75) is 26.8 Å². The second-order valence-electron chi connectivity index (χ2n) is 3.69. The number of rotatable bonds is 4. The highest BCUT2D eigenvalue weighted by Crippen LogP contribution is 2.19. The summed E-state index contributed by atoms with van der Waals surface area (Å²) in [4.78, 5) is 11.1. The molecular formula is C12H17NO2. The summed E-state index contributed by atoms with van der Waals surface area (Å²) >= 11 is 0. The fourth-order valence-corrected chi connectivity index (χ4v) is 1.68. The topological polar surface area (TPSA) is 49.3 Å². The summed E-state index contributed by atoms with van der Waals surface area (Å²) in [6, 6.07) is 5.22. The van der Waals surface area contributed by atoms with E-state index in [0.717, 1.165) is 16.7 Å². The number of benzene rings is 1. The number of hydrogen-bond acceptors (Lipinski definition) is 2. The van der Waals surface area contributed by atoms with Crippen molar-refractivity contribution >= 4 is 5.97 Å². The van der Waals surface area contributed by atoms with Crippen LogP contribution < -0.4 is 5.32 Å². The Bertz CT molecular complexity index is 361. The van der Waals surface area contributed by atoms with E-state index in [9.17, 15) is 4.79 Å². The van der Waals surface area contributed by atoms with Crippen LogP contribution in [0.25, 0.3) is 0 Å². The first-order chi connectivity index (χ1) is 7.06. The average molecular weight is 207 g/mol. The minimum atomic E-state index is -0.830. The predicted octanol–water partition coefficient (Wildman–Crippen LogP) is 2.04. The molecule has 0 aliphatic carbocycles. The minimum Gasteiger partial charge on any atom is -0.480 e. The van der Waals surface area contributed by atoms with Crippen molar-refractivity contribution in [3.8, 4) is 0 Å². The number of aliphatic carboxylic acids is 1. The maximum absolute atomic E-state index is 11.1. The molecule has 0 aliphatic heterocycles. The SMILES string of the molecule is CCNC(C(=O)O)c1ccc(C)cc1C. The quantitative estimate of drug-likeness (QED) is 0.794. The van der Waals surface area contributed by atoms with Crippen LogP contribution in [0.3, 0.4) is 0 Å². The average Bonchev–Trinajstić information content (AvgIpc) is 2.15. The molecule has 0 bridgehead atoms. The van der Waals surface area contributed by atoms with E-state index in [1.165, 1.54) is 0 Å². The van der Waals surface area contributed by atoms with E-state index >= 15 is 0 Å². The number of aryl methyl sites for hydroxylation is 2. The van der Waals surface area contributed by atoms with E-state index in [4.69, 9.17) is 5.11 Å². The molecule has 82 valence electrons. The fourth-order valence-electron chi connectivity index (χ4n) is 1.68. The van der Waals surface area contributed by atoms with Gasteiger partial charge in [0.25, 0.3) is 0 Å². The maximum Gasteiger partial charge on any atom is 0.325 e. The largest absolute Gasteiger partial charge is 0.480 e. The highest BCUT2D eigenvalue weighted by Gasteiger charge is 2.19. The van der Waals surface area contributed by atoms with Crippen molar-refractivity contribution in [1.82, 2.24) is 5.32 Å². The van der Waals surface area contributed by atoms with Crippen LogP contribution in [0.2, 0.25) is 0 Å². The van der Waals surface area contributed by atoms with Gasteiger partial charge in [-0.25, -0.2) is 0 Å². The molecule has 0 aromatic heterocycles. The zero-order chi connectivity index (χ0) is 11.4. The number of nitrogens with one attached hydrogen (secondary N) is 1. The van der Waals surface area contributed by atoms with Crippen molar-refractivity contribution in [3.63, 3.8) is 0 Å². The molecule has 1 aromatic carbocycles. The van der Waals surface area contributed by atoms with Crippen LogP contribution in [0.5, 0.6) is 0 Å². The van der Waals surface area contributed by atoms with Gasteiger partial charge < -0.3 is 10.4 Å². The highest BCUT2D eigenvalue weighted by atomic mass is 16.4. The van der Waals surface area contributed by atoms with Crippen molar-refractivity contribution in [3.05, 3.63) is 34.9 Å². The van der Waals surface area contributed by atoms with Crippen LogP contribution in [-0.4, -0.2) is 17.6 Å². The lowest BCUT2D eigenvalue weighted by Gasteiger charge is -2.16. The van der Waals surface area contributed by atoms with Crippen LogP contribution in [0.15, 0.2) is 18.2 Å². The molecule has 0 saturated carbocycles. The molecule has 0 radical (unpaired) electrons. The third-order valence-corrected chi connectivity index (χ3v) is 2.39. The van der Waals surface area contributed by atoms with Gasteiger partial charge in [-0.2, -0.15) is 0 Å². The van der Waals surface area contributed by atoms with Gasteiger partial charge in [0, 0.05) is 0 Å². The van der Waals surface area contributed by atoms with E-state index in [-0.39, 0.29) is 0 Å². The summed E-state index contributed by atoms with van der Waals surface area (Å²) in [7, 11) is 0. The van der Waals surface area contributed by atoms with Crippen molar-refractivity contribution in [2.24, 2.45) is 0 Å². The first-order valence-electron chi connectivity index (χ1n) is 5.09. The lowest BCUT2D eigenvalue weighted by Crippen LogP contribution is -2.28. The van der Waals surface area contributed by atoms with E-state index in [2.05, 4.69) is 5.32 Å². The Morgan fingerprint density at radius 3 is 2.60 bits per heavy atom. The second kappa shape index (κ2) is 4.94. The van der Waals surface area contributed by atoms with Gasteiger partial charge in [0.15, 0.2) is 0 Å². The molecule has 1 rings (SSSR count). The van der Waals surface area contributed by atoms with Gasteiger partial charge in [-0.15, -0.1) is 0 Å². The standard InChI is InChI=1S/C12H17NO2/c1-4-13-11(12(14)15)10-6-5-8(2)7-9(10)3/h5-7,11,13H,4H2,1-3H3,(H,14,15).